The molecule has 2 N–H and O–H groups in total. The first-order valence-electron chi connectivity index (χ1n) is 6.70. The van der Waals surface area contributed by atoms with E-state index in [1.807, 2.05) is 0 Å². The zero-order valence-electron chi connectivity index (χ0n) is 10.5. The van der Waals surface area contributed by atoms with E-state index in [0.717, 1.165) is 25.9 Å². The molecule has 1 atom stereocenters. The summed E-state index contributed by atoms with van der Waals surface area (Å²) in [6, 6.07) is 10.6. The Kier molecular flexibility index (Phi) is 4.57. The lowest BCUT2D eigenvalue weighted by molar-refractivity contribution is 0.0838. The molecule has 1 aliphatic heterocycles. The van der Waals surface area contributed by atoms with Crippen LogP contribution in [0.15, 0.2) is 30.3 Å². The first-order valence-corrected chi connectivity index (χ1v) is 6.70. The van der Waals surface area contributed by atoms with Gasteiger partial charge < -0.3 is 10.4 Å². The third-order valence-electron chi connectivity index (χ3n) is 3.91. The van der Waals surface area contributed by atoms with Gasteiger partial charge in [0.1, 0.15) is 0 Å². The number of nitrogens with one attached hydrogen (secondary N) is 1. The normalized spacial score (nSPS) is 24.8. The predicted octanol–water partition coefficient (Wildman–Crippen LogP) is 2.37. The molecule has 0 saturated carbocycles. The Morgan fingerprint density at radius 3 is 2.71 bits per heavy atom. The van der Waals surface area contributed by atoms with E-state index >= 15 is 0 Å². The van der Waals surface area contributed by atoms with Crippen molar-refractivity contribution in [2.45, 2.75) is 32.1 Å². The average Bonchev–Trinajstić information content (AvgIpc) is 2.41. The van der Waals surface area contributed by atoms with Crippen LogP contribution in [-0.4, -0.2) is 24.8 Å². The maximum Gasteiger partial charge on any atom is 0.0499 e. The Morgan fingerprint density at radius 2 is 2.06 bits per heavy atom. The third-order valence-corrected chi connectivity index (χ3v) is 3.91. The molecule has 0 bridgehead atoms. The zero-order chi connectivity index (χ0) is 12.0. The molecule has 1 unspecified atom stereocenters. The lowest BCUT2D eigenvalue weighted by Crippen LogP contribution is -2.42. The summed E-state index contributed by atoms with van der Waals surface area (Å²) in [5, 5.41) is 13.0. The fourth-order valence-electron chi connectivity index (χ4n) is 2.77. The fourth-order valence-corrected chi connectivity index (χ4v) is 2.77. The van der Waals surface area contributed by atoms with Crippen LogP contribution in [0.25, 0.3) is 0 Å². The Labute approximate surface area is 104 Å². The topological polar surface area (TPSA) is 32.3 Å². The molecule has 1 aliphatic rings. The molecule has 0 aliphatic carbocycles. The van der Waals surface area contributed by atoms with Crippen molar-refractivity contribution in [1.29, 1.82) is 0 Å². The van der Waals surface area contributed by atoms with Crippen molar-refractivity contribution in [1.82, 2.24) is 5.32 Å². The molecular weight excluding hydrogens is 210 g/mol. The summed E-state index contributed by atoms with van der Waals surface area (Å²) < 4.78 is 0. The maximum atomic E-state index is 9.60. The number of aliphatic hydroxyl groups is 1. The van der Waals surface area contributed by atoms with Crippen LogP contribution in [0.2, 0.25) is 0 Å². The largest absolute Gasteiger partial charge is 0.396 e. The summed E-state index contributed by atoms with van der Waals surface area (Å²) in [4.78, 5) is 0. The van der Waals surface area contributed by atoms with Crippen LogP contribution in [0.5, 0.6) is 0 Å². The molecule has 2 rings (SSSR count). The molecule has 0 amide bonds. The fraction of sp³-hybridized carbons (Fsp3) is 0.600. The molecule has 94 valence electrons. The van der Waals surface area contributed by atoms with Crippen molar-refractivity contribution in [3.05, 3.63) is 35.9 Å². The summed E-state index contributed by atoms with van der Waals surface area (Å²) in [6.45, 7) is 2.42. The summed E-state index contributed by atoms with van der Waals surface area (Å²) in [6.07, 6.45) is 5.80. The van der Waals surface area contributed by atoms with Gasteiger partial charge in [0.05, 0.1) is 0 Å². The van der Waals surface area contributed by atoms with E-state index in [2.05, 4.69) is 35.6 Å². The third kappa shape index (κ3) is 3.55. The highest BCUT2D eigenvalue weighted by Crippen LogP contribution is 2.31. The molecular formula is C15H23NO. The number of benzene rings is 1. The van der Waals surface area contributed by atoms with Crippen LogP contribution in [-0.2, 0) is 6.42 Å². The van der Waals surface area contributed by atoms with Gasteiger partial charge in [-0.1, -0.05) is 30.3 Å². The molecule has 0 radical (unpaired) electrons. The van der Waals surface area contributed by atoms with Gasteiger partial charge in [-0.3, -0.25) is 0 Å². The van der Waals surface area contributed by atoms with Crippen LogP contribution in [0, 0.1) is 5.41 Å². The van der Waals surface area contributed by atoms with Gasteiger partial charge in [0.15, 0.2) is 0 Å². The maximum absolute atomic E-state index is 9.60. The van der Waals surface area contributed by atoms with Gasteiger partial charge in [-0.2, -0.15) is 0 Å². The number of aryl methyl sites for hydroxylation is 1. The molecule has 1 heterocycles. The number of aliphatic hydroxyl groups excluding tert-OH is 1. The molecule has 2 heteroatoms. The van der Waals surface area contributed by atoms with Crippen molar-refractivity contribution in [2.75, 3.05) is 19.7 Å². The van der Waals surface area contributed by atoms with Crippen LogP contribution in [0.4, 0.5) is 0 Å². The number of rotatable bonds is 5. The minimum atomic E-state index is 0.146. The summed E-state index contributed by atoms with van der Waals surface area (Å²) in [5.41, 5.74) is 1.55. The van der Waals surface area contributed by atoms with E-state index in [0.29, 0.717) is 6.61 Å². The van der Waals surface area contributed by atoms with Gasteiger partial charge in [-0.15, -0.1) is 0 Å². The highest BCUT2D eigenvalue weighted by Gasteiger charge is 2.30. The van der Waals surface area contributed by atoms with Gasteiger partial charge >= 0.3 is 0 Å². The van der Waals surface area contributed by atoms with E-state index in [9.17, 15) is 5.11 Å². The molecule has 17 heavy (non-hydrogen) atoms. The first-order chi connectivity index (χ1) is 8.35. The van der Waals surface area contributed by atoms with E-state index in [4.69, 9.17) is 0 Å². The molecule has 1 aromatic carbocycles. The SMILES string of the molecule is OCC1(CCCc2ccccc2)CCCNC1. The van der Waals surface area contributed by atoms with Crippen molar-refractivity contribution >= 4 is 0 Å². The van der Waals surface area contributed by atoms with Crippen molar-refractivity contribution in [2.24, 2.45) is 5.41 Å². The van der Waals surface area contributed by atoms with Crippen molar-refractivity contribution < 1.29 is 5.11 Å². The summed E-state index contributed by atoms with van der Waals surface area (Å²) in [7, 11) is 0. The molecule has 0 spiro atoms. The number of piperidine rings is 1. The molecule has 2 nitrogen and oxygen atoms in total. The van der Waals surface area contributed by atoms with Crippen molar-refractivity contribution in [3.63, 3.8) is 0 Å². The first kappa shape index (κ1) is 12.6. The second-order valence-corrected chi connectivity index (χ2v) is 5.28. The summed E-state index contributed by atoms with van der Waals surface area (Å²) >= 11 is 0. The monoisotopic (exact) mass is 233 g/mol. The Hall–Kier alpha value is -0.860. The predicted molar refractivity (Wildman–Crippen MR) is 71.0 cm³/mol. The van der Waals surface area contributed by atoms with Gasteiger partial charge in [-0.05, 0) is 44.2 Å². The van der Waals surface area contributed by atoms with Gasteiger partial charge in [0.25, 0.3) is 0 Å². The van der Waals surface area contributed by atoms with Crippen LogP contribution < -0.4 is 5.32 Å². The van der Waals surface area contributed by atoms with Crippen molar-refractivity contribution in [3.8, 4) is 0 Å². The lowest BCUT2D eigenvalue weighted by atomic mass is 9.77. The second kappa shape index (κ2) is 6.18. The Morgan fingerprint density at radius 1 is 1.24 bits per heavy atom. The van der Waals surface area contributed by atoms with Gasteiger partial charge in [0.2, 0.25) is 0 Å². The molecule has 1 aromatic rings. The minimum Gasteiger partial charge on any atom is -0.396 e. The van der Waals surface area contributed by atoms with Gasteiger partial charge in [0, 0.05) is 18.6 Å². The summed E-state index contributed by atoms with van der Waals surface area (Å²) in [5.74, 6) is 0. The lowest BCUT2D eigenvalue weighted by Gasteiger charge is -2.36. The standard InChI is InChI=1S/C15H23NO/c17-13-15(10-5-11-16-12-15)9-4-8-14-6-2-1-3-7-14/h1-3,6-7,16-17H,4-5,8-13H2. The van der Waals surface area contributed by atoms with Gasteiger partial charge in [-0.25, -0.2) is 0 Å². The zero-order valence-corrected chi connectivity index (χ0v) is 10.5. The van der Waals surface area contributed by atoms with Crippen LogP contribution in [0.3, 0.4) is 0 Å². The Balaban J connectivity index is 1.80. The van der Waals surface area contributed by atoms with E-state index < -0.39 is 0 Å². The minimum absolute atomic E-state index is 0.146. The molecule has 1 saturated heterocycles. The number of hydrogen-bond donors (Lipinski definition) is 2. The van der Waals surface area contributed by atoms with Crippen LogP contribution >= 0.6 is 0 Å². The van der Waals surface area contributed by atoms with Crippen LogP contribution in [0.1, 0.15) is 31.2 Å². The quantitative estimate of drug-likeness (QED) is 0.818. The highest BCUT2D eigenvalue weighted by atomic mass is 16.3. The highest BCUT2D eigenvalue weighted by molar-refractivity contribution is 5.14. The molecule has 0 aromatic heterocycles. The van der Waals surface area contributed by atoms with E-state index in [1.165, 1.54) is 24.8 Å². The molecule has 1 fully saturated rings. The average molecular weight is 233 g/mol. The number of hydrogen-bond acceptors (Lipinski definition) is 2. The second-order valence-electron chi connectivity index (χ2n) is 5.28. The van der Waals surface area contributed by atoms with E-state index in [-0.39, 0.29) is 5.41 Å². The smallest absolute Gasteiger partial charge is 0.0499 e. The Bertz CT molecular complexity index is 317. The van der Waals surface area contributed by atoms with E-state index in [1.54, 1.807) is 0 Å².